The molecule has 1 aliphatic heterocycles. The lowest BCUT2D eigenvalue weighted by Gasteiger charge is -2.31. The third kappa shape index (κ3) is 23.6. The number of unbranched alkanes of at least 4 members (excludes halogenated alkanes) is 1. The maximum atomic E-state index is 12.0. The van der Waals surface area contributed by atoms with E-state index in [-0.39, 0.29) is 67.2 Å². The number of ketones is 1. The largest absolute Gasteiger partial charge is 0.479 e. The van der Waals surface area contributed by atoms with E-state index in [4.69, 9.17) is 19.9 Å². The van der Waals surface area contributed by atoms with Crippen molar-refractivity contribution in [3.63, 3.8) is 0 Å². The lowest BCUT2D eigenvalue weighted by Crippen LogP contribution is -2.42. The fourth-order valence-corrected chi connectivity index (χ4v) is 4.36. The molecule has 2 rings (SSSR count). The molecule has 0 aromatic heterocycles. The normalized spacial score (nSPS) is 16.6. The van der Waals surface area contributed by atoms with Gasteiger partial charge in [-0.25, -0.2) is 9.59 Å². The summed E-state index contributed by atoms with van der Waals surface area (Å²) in [6, 6.07) is 4.42. The third-order valence-corrected chi connectivity index (χ3v) is 7.98. The Morgan fingerprint density at radius 1 is 0.964 bits per heavy atom. The SMILES string of the molecule is CC(C)C(=O)CCCCC(=O)NC(C)C(C)C.CC(C)C(=O)OCc1ccc(NC(=O)CNC=O)c(OC2CC(O)CC(C(=O)O)O2)c1.CCCNC(N)=O. The van der Waals surface area contributed by atoms with E-state index in [2.05, 4.69) is 35.1 Å². The van der Waals surface area contributed by atoms with E-state index in [1.54, 1.807) is 19.9 Å². The third-order valence-electron chi connectivity index (χ3n) is 7.98. The van der Waals surface area contributed by atoms with Gasteiger partial charge in [-0.2, -0.15) is 0 Å². The van der Waals surface area contributed by atoms with Gasteiger partial charge in [-0.1, -0.05) is 54.5 Å². The highest BCUT2D eigenvalue weighted by Crippen LogP contribution is 2.31. The second-order valence-corrected chi connectivity index (χ2v) is 14.0. The number of carbonyl (C=O) groups excluding carboxylic acids is 6. The van der Waals surface area contributed by atoms with Crippen LogP contribution in [0.4, 0.5) is 10.5 Å². The van der Waals surface area contributed by atoms with E-state index in [1.165, 1.54) is 12.1 Å². The van der Waals surface area contributed by atoms with Crippen LogP contribution in [-0.2, 0) is 44.8 Å². The van der Waals surface area contributed by atoms with Crippen molar-refractivity contribution in [2.24, 2.45) is 23.5 Å². The quantitative estimate of drug-likeness (QED) is 0.0571. The molecule has 1 fully saturated rings. The molecule has 17 nitrogen and oxygen atoms in total. The number of ether oxygens (including phenoxy) is 3. The molecule has 5 amide bonds. The van der Waals surface area contributed by atoms with Gasteiger partial charge in [0.15, 0.2) is 6.10 Å². The number of anilines is 1. The van der Waals surface area contributed by atoms with Crippen LogP contribution < -0.4 is 31.7 Å². The average Bonchev–Trinajstić information content (AvgIpc) is 3.11. The smallest absolute Gasteiger partial charge is 0.333 e. The first-order valence-electron chi connectivity index (χ1n) is 18.7. The summed E-state index contributed by atoms with van der Waals surface area (Å²) in [5, 5.41) is 29.3. The zero-order chi connectivity index (χ0) is 42.1. The molecule has 1 aromatic rings. The summed E-state index contributed by atoms with van der Waals surface area (Å²) in [5.74, 6) is -1.34. The first-order valence-corrected chi connectivity index (χ1v) is 18.7. The number of aliphatic carboxylic acids is 1. The highest BCUT2D eigenvalue weighted by molar-refractivity contribution is 5.94. The van der Waals surface area contributed by atoms with E-state index in [1.807, 2.05) is 27.7 Å². The van der Waals surface area contributed by atoms with Gasteiger partial charge < -0.3 is 51.4 Å². The van der Waals surface area contributed by atoms with Crippen LogP contribution in [0.3, 0.4) is 0 Å². The number of amides is 5. The van der Waals surface area contributed by atoms with Crippen LogP contribution in [-0.4, -0.2) is 89.8 Å². The summed E-state index contributed by atoms with van der Waals surface area (Å²) >= 11 is 0. The van der Waals surface area contributed by atoms with Gasteiger partial charge in [-0.15, -0.1) is 0 Å². The van der Waals surface area contributed by atoms with Gasteiger partial charge >= 0.3 is 18.0 Å². The molecule has 1 aliphatic rings. The van der Waals surface area contributed by atoms with Crippen LogP contribution in [0.2, 0.25) is 0 Å². The zero-order valence-electron chi connectivity index (χ0n) is 33.5. The molecule has 0 spiro atoms. The molecule has 55 heavy (non-hydrogen) atoms. The van der Waals surface area contributed by atoms with Gasteiger partial charge in [-0.05, 0) is 49.8 Å². The highest BCUT2D eigenvalue weighted by atomic mass is 16.7. The Balaban J connectivity index is 0.00000101. The molecule has 8 N–H and O–H groups in total. The van der Waals surface area contributed by atoms with Crippen LogP contribution >= 0.6 is 0 Å². The highest BCUT2D eigenvalue weighted by Gasteiger charge is 2.34. The number of primary amides is 1. The van der Waals surface area contributed by atoms with Crippen LogP contribution in [0.1, 0.15) is 106 Å². The average molecular weight is 782 g/mol. The first-order chi connectivity index (χ1) is 25.8. The number of benzene rings is 1. The molecular weight excluding hydrogens is 718 g/mol. The van der Waals surface area contributed by atoms with E-state index >= 15 is 0 Å². The first kappa shape index (κ1) is 50.2. The van der Waals surface area contributed by atoms with Gasteiger partial charge in [0, 0.05) is 44.2 Å². The van der Waals surface area contributed by atoms with Gasteiger partial charge in [0.25, 0.3) is 0 Å². The van der Waals surface area contributed by atoms with Gasteiger partial charge in [-0.3, -0.25) is 24.0 Å². The van der Waals surface area contributed by atoms with Gasteiger partial charge in [0.1, 0.15) is 18.1 Å². The van der Waals surface area contributed by atoms with Crippen molar-refractivity contribution in [3.05, 3.63) is 23.8 Å². The maximum absolute atomic E-state index is 12.0. The second-order valence-electron chi connectivity index (χ2n) is 14.0. The summed E-state index contributed by atoms with van der Waals surface area (Å²) in [6.45, 7) is 15.8. The molecule has 0 saturated carbocycles. The van der Waals surface area contributed by atoms with Crippen molar-refractivity contribution < 1.29 is 58.0 Å². The standard InChI is InChI=1S/C20H26N2O9.C14H27NO2.C4H10N2O/c1-11(2)20(28)29-9-12-3-4-14(22-17(25)8-21-10-23)15(5-12)30-18-7-13(24)6-16(31-18)19(26)27;1-10(2)12(5)15-14(17)9-7-6-8-13(16)11(3)4;1-2-3-6-4(5)7/h3-5,10-11,13,16,18,24H,6-9H2,1-2H3,(H,21,23)(H,22,25)(H,26,27);10-12H,6-9H2,1-5H3,(H,15,17);2-3H2,1H3,(H3,5,6,7). The molecular formula is C38H63N5O12. The Morgan fingerprint density at radius 2 is 1.62 bits per heavy atom. The summed E-state index contributed by atoms with van der Waals surface area (Å²) in [5.41, 5.74) is 5.51. The van der Waals surface area contributed by atoms with Crippen molar-refractivity contribution in [1.29, 1.82) is 0 Å². The number of esters is 1. The number of rotatable bonds is 20. The minimum atomic E-state index is -1.24. The van der Waals surface area contributed by atoms with Crippen molar-refractivity contribution in [2.75, 3.05) is 18.4 Å². The van der Waals surface area contributed by atoms with Crippen LogP contribution in [0.5, 0.6) is 5.75 Å². The number of aliphatic hydroxyl groups excluding tert-OH is 1. The molecule has 17 heteroatoms. The lowest BCUT2D eigenvalue weighted by atomic mass is 10.0. The number of aliphatic hydroxyl groups is 1. The number of carboxylic acid groups (broad SMARTS) is 1. The Morgan fingerprint density at radius 3 is 2.15 bits per heavy atom. The molecule has 1 aromatic carbocycles. The molecule has 0 aliphatic carbocycles. The molecule has 4 unspecified atom stereocenters. The number of urea groups is 1. The van der Waals surface area contributed by atoms with Crippen molar-refractivity contribution in [2.45, 2.75) is 131 Å². The number of hydrogen-bond donors (Lipinski definition) is 7. The number of carboxylic acids is 1. The van der Waals surface area contributed by atoms with Crippen LogP contribution in [0, 0.1) is 17.8 Å². The molecule has 0 radical (unpaired) electrons. The minimum Gasteiger partial charge on any atom is -0.479 e. The van der Waals surface area contributed by atoms with Crippen LogP contribution in [0.15, 0.2) is 18.2 Å². The Bertz CT molecular complexity index is 1370. The molecule has 4 atom stereocenters. The van der Waals surface area contributed by atoms with Crippen molar-refractivity contribution in [1.82, 2.24) is 16.0 Å². The second kappa shape index (κ2) is 27.8. The minimum absolute atomic E-state index is 0.0242. The summed E-state index contributed by atoms with van der Waals surface area (Å²) in [7, 11) is 0. The number of carbonyl (C=O) groups is 7. The number of Topliss-reactive ketones (excluding diaryl/α,β-unsaturated/α-hetero) is 1. The van der Waals surface area contributed by atoms with Gasteiger partial charge in [0.05, 0.1) is 24.3 Å². The van der Waals surface area contributed by atoms with E-state index < -0.39 is 36.4 Å². The van der Waals surface area contributed by atoms with Crippen molar-refractivity contribution >= 4 is 47.7 Å². The molecule has 1 saturated heterocycles. The summed E-state index contributed by atoms with van der Waals surface area (Å²) in [4.78, 5) is 78.1. The van der Waals surface area contributed by atoms with E-state index in [0.717, 1.165) is 19.3 Å². The predicted octanol–water partition coefficient (Wildman–Crippen LogP) is 3.40. The topological polar surface area (TPSA) is 262 Å². The van der Waals surface area contributed by atoms with E-state index in [9.17, 15) is 43.8 Å². The molecule has 1 heterocycles. The Hall–Kier alpha value is -4.77. The van der Waals surface area contributed by atoms with Gasteiger partial charge in [0.2, 0.25) is 24.5 Å². The molecule has 312 valence electrons. The van der Waals surface area contributed by atoms with Crippen molar-refractivity contribution in [3.8, 4) is 5.75 Å². The monoisotopic (exact) mass is 781 g/mol. The fraction of sp³-hybridized carbons (Fsp3) is 0.658. The summed E-state index contributed by atoms with van der Waals surface area (Å²) < 4.78 is 16.3. The van der Waals surface area contributed by atoms with E-state index in [0.29, 0.717) is 43.1 Å². The fourth-order valence-electron chi connectivity index (χ4n) is 4.36. The maximum Gasteiger partial charge on any atom is 0.333 e. The summed E-state index contributed by atoms with van der Waals surface area (Å²) in [6.07, 6.45) is 0.765. The lowest BCUT2D eigenvalue weighted by molar-refractivity contribution is -0.195. The Labute approximate surface area is 324 Å². The number of nitrogens with two attached hydrogens (primary N) is 1. The number of hydrogen-bond acceptors (Lipinski definition) is 11. The Kier molecular flexibility index (Phi) is 25.4. The van der Waals surface area contributed by atoms with Crippen LogP contribution in [0.25, 0.3) is 0 Å². The predicted molar refractivity (Wildman–Crippen MR) is 205 cm³/mol. The number of nitrogens with one attached hydrogen (secondary N) is 4. The zero-order valence-corrected chi connectivity index (χ0v) is 33.5. The molecule has 0 bridgehead atoms.